The van der Waals surface area contributed by atoms with Crippen LogP contribution in [0.15, 0.2) is 24.3 Å². The van der Waals surface area contributed by atoms with E-state index in [2.05, 4.69) is 5.32 Å². The number of carbonyl (C=O) groups is 2. The largest absolute Gasteiger partial charge is 0.444 e. The quantitative estimate of drug-likeness (QED) is 0.923. The smallest absolute Gasteiger partial charge is 0.407 e. The Hall–Kier alpha value is -2.24. The first-order chi connectivity index (χ1) is 11.2. The van der Waals surface area contributed by atoms with Crippen LogP contribution in [0.4, 0.5) is 10.5 Å². The summed E-state index contributed by atoms with van der Waals surface area (Å²) < 4.78 is 5.26. The molecule has 6 heteroatoms. The minimum atomic E-state index is -0.523. The Morgan fingerprint density at radius 3 is 2.62 bits per heavy atom. The van der Waals surface area contributed by atoms with Crippen LogP contribution < -0.4 is 10.2 Å². The van der Waals surface area contributed by atoms with E-state index < -0.39 is 11.7 Å². The lowest BCUT2D eigenvalue weighted by molar-refractivity contribution is 0.0502. The molecule has 24 heavy (non-hydrogen) atoms. The molecule has 0 aromatic heterocycles. The molecule has 1 atom stereocenters. The molecule has 0 spiro atoms. The van der Waals surface area contributed by atoms with E-state index >= 15 is 0 Å². The molecular formula is C18H27N3O3. The number of anilines is 1. The van der Waals surface area contributed by atoms with Crippen LogP contribution in [0, 0.1) is 0 Å². The highest BCUT2D eigenvalue weighted by atomic mass is 16.6. The van der Waals surface area contributed by atoms with Gasteiger partial charge in [0.15, 0.2) is 0 Å². The molecule has 0 unspecified atom stereocenters. The molecule has 2 rings (SSSR count). The summed E-state index contributed by atoms with van der Waals surface area (Å²) in [5.41, 5.74) is 1.13. The number of nitrogens with zero attached hydrogens (tertiary/aromatic N) is 2. The molecule has 0 saturated carbocycles. The maximum absolute atomic E-state index is 12.6. The number of rotatable bonds is 3. The number of benzene rings is 1. The van der Waals surface area contributed by atoms with Gasteiger partial charge in [-0.2, -0.15) is 0 Å². The summed E-state index contributed by atoms with van der Waals surface area (Å²) in [5.74, 6) is -0.00723. The van der Waals surface area contributed by atoms with Crippen molar-refractivity contribution in [2.45, 2.75) is 38.8 Å². The Bertz CT molecular complexity index is 608. The van der Waals surface area contributed by atoms with E-state index in [9.17, 15) is 9.59 Å². The third kappa shape index (κ3) is 4.88. The summed E-state index contributed by atoms with van der Waals surface area (Å²) in [7, 11) is 3.89. The minimum Gasteiger partial charge on any atom is -0.444 e. The fourth-order valence-electron chi connectivity index (χ4n) is 2.64. The van der Waals surface area contributed by atoms with Crippen molar-refractivity contribution >= 4 is 17.7 Å². The van der Waals surface area contributed by atoms with Gasteiger partial charge >= 0.3 is 6.09 Å². The van der Waals surface area contributed by atoms with Gasteiger partial charge in [0.2, 0.25) is 0 Å². The summed E-state index contributed by atoms with van der Waals surface area (Å²) in [6, 6.07) is 7.49. The van der Waals surface area contributed by atoms with Gasteiger partial charge in [0, 0.05) is 38.4 Å². The van der Waals surface area contributed by atoms with Gasteiger partial charge < -0.3 is 19.9 Å². The van der Waals surface area contributed by atoms with E-state index in [0.29, 0.717) is 18.7 Å². The summed E-state index contributed by atoms with van der Waals surface area (Å²) >= 11 is 0. The number of ether oxygens (including phenoxy) is 1. The maximum Gasteiger partial charge on any atom is 0.407 e. The monoisotopic (exact) mass is 333 g/mol. The Morgan fingerprint density at radius 2 is 2.00 bits per heavy atom. The van der Waals surface area contributed by atoms with Crippen molar-refractivity contribution in [3.63, 3.8) is 0 Å². The third-order valence-electron chi connectivity index (χ3n) is 3.81. The van der Waals surface area contributed by atoms with E-state index in [4.69, 9.17) is 4.74 Å². The van der Waals surface area contributed by atoms with Gasteiger partial charge in [-0.1, -0.05) is 6.07 Å². The topological polar surface area (TPSA) is 61.9 Å². The van der Waals surface area contributed by atoms with E-state index in [1.165, 1.54) is 0 Å². The lowest BCUT2D eigenvalue weighted by Gasteiger charge is -2.22. The van der Waals surface area contributed by atoms with E-state index in [1.54, 1.807) is 4.90 Å². The van der Waals surface area contributed by atoms with Gasteiger partial charge in [0.05, 0.1) is 6.04 Å². The Morgan fingerprint density at radius 1 is 1.29 bits per heavy atom. The highest BCUT2D eigenvalue weighted by Crippen LogP contribution is 2.18. The van der Waals surface area contributed by atoms with Gasteiger partial charge in [0.1, 0.15) is 5.60 Å². The molecule has 1 aromatic rings. The van der Waals surface area contributed by atoms with Gasteiger partial charge in [-0.15, -0.1) is 0 Å². The van der Waals surface area contributed by atoms with Crippen LogP contribution in [0.3, 0.4) is 0 Å². The van der Waals surface area contributed by atoms with Crippen LogP contribution in [-0.2, 0) is 4.74 Å². The second-order valence-electron chi connectivity index (χ2n) is 7.33. The van der Waals surface area contributed by atoms with Gasteiger partial charge in [0.25, 0.3) is 5.91 Å². The lowest BCUT2D eigenvalue weighted by Crippen LogP contribution is -2.41. The molecule has 1 N–H and O–H groups in total. The van der Waals surface area contributed by atoms with Gasteiger partial charge in [-0.3, -0.25) is 4.79 Å². The Balaban J connectivity index is 1.94. The average molecular weight is 333 g/mol. The van der Waals surface area contributed by atoms with Crippen molar-refractivity contribution < 1.29 is 14.3 Å². The summed E-state index contributed by atoms with van der Waals surface area (Å²) in [5, 5.41) is 2.84. The standard InChI is InChI=1S/C18H27N3O3/c1-18(2,3)24-17(23)19-14-9-10-21(12-14)16(22)13-7-6-8-15(11-13)20(4)5/h6-8,11,14H,9-10,12H2,1-5H3,(H,19,23)/t14-/m1/s1. The first-order valence-corrected chi connectivity index (χ1v) is 8.22. The fourth-order valence-corrected chi connectivity index (χ4v) is 2.64. The van der Waals surface area contributed by atoms with Crippen LogP contribution in [0.1, 0.15) is 37.6 Å². The molecule has 0 aliphatic carbocycles. The highest BCUT2D eigenvalue weighted by molar-refractivity contribution is 5.95. The van der Waals surface area contributed by atoms with Crippen molar-refractivity contribution in [3.05, 3.63) is 29.8 Å². The Kier molecular flexibility index (Phi) is 5.36. The van der Waals surface area contributed by atoms with Crippen molar-refractivity contribution in [2.75, 3.05) is 32.1 Å². The van der Waals surface area contributed by atoms with E-state index in [0.717, 1.165) is 12.1 Å². The number of hydrogen-bond donors (Lipinski definition) is 1. The zero-order valence-corrected chi connectivity index (χ0v) is 15.1. The predicted octanol–water partition coefficient (Wildman–Crippen LogP) is 2.49. The SMILES string of the molecule is CN(C)c1cccc(C(=O)N2CC[C@@H](NC(=O)OC(C)(C)C)C2)c1. The Labute approximate surface area is 143 Å². The average Bonchev–Trinajstić information content (AvgIpc) is 2.92. The molecule has 0 bridgehead atoms. The molecule has 1 aliphatic rings. The summed E-state index contributed by atoms with van der Waals surface area (Å²) in [6.07, 6.45) is 0.301. The number of likely N-dealkylation sites (tertiary alicyclic amines) is 1. The van der Waals surface area contributed by atoms with Gasteiger partial charge in [-0.05, 0) is 45.4 Å². The number of nitrogens with one attached hydrogen (secondary N) is 1. The van der Waals surface area contributed by atoms with Crippen molar-refractivity contribution in [3.8, 4) is 0 Å². The normalized spacial score (nSPS) is 17.5. The predicted molar refractivity (Wildman–Crippen MR) is 94.4 cm³/mol. The molecule has 6 nitrogen and oxygen atoms in total. The number of alkyl carbamates (subject to hydrolysis) is 1. The van der Waals surface area contributed by atoms with Crippen LogP contribution in [0.25, 0.3) is 0 Å². The van der Waals surface area contributed by atoms with Crippen molar-refractivity contribution in [1.29, 1.82) is 0 Å². The molecule has 1 saturated heterocycles. The fraction of sp³-hybridized carbons (Fsp3) is 0.556. The van der Waals surface area contributed by atoms with Crippen LogP contribution in [0.5, 0.6) is 0 Å². The van der Waals surface area contributed by atoms with Crippen LogP contribution in [0.2, 0.25) is 0 Å². The van der Waals surface area contributed by atoms with Crippen LogP contribution in [-0.4, -0.2) is 55.7 Å². The summed E-state index contributed by atoms with van der Waals surface area (Å²) in [4.78, 5) is 28.2. The summed E-state index contributed by atoms with van der Waals surface area (Å²) in [6.45, 7) is 6.62. The second kappa shape index (κ2) is 7.11. The molecule has 2 amide bonds. The maximum atomic E-state index is 12.6. The zero-order valence-electron chi connectivity index (χ0n) is 15.1. The molecule has 132 valence electrons. The van der Waals surface area contributed by atoms with E-state index in [-0.39, 0.29) is 11.9 Å². The second-order valence-corrected chi connectivity index (χ2v) is 7.33. The van der Waals surface area contributed by atoms with Crippen molar-refractivity contribution in [1.82, 2.24) is 10.2 Å². The van der Waals surface area contributed by atoms with Gasteiger partial charge in [-0.25, -0.2) is 4.79 Å². The number of carbonyl (C=O) groups excluding carboxylic acids is 2. The van der Waals surface area contributed by atoms with Crippen molar-refractivity contribution in [2.24, 2.45) is 0 Å². The molecule has 1 heterocycles. The number of amides is 2. The molecule has 1 aliphatic heterocycles. The number of hydrogen-bond acceptors (Lipinski definition) is 4. The molecule has 0 radical (unpaired) electrons. The third-order valence-corrected chi connectivity index (χ3v) is 3.81. The van der Waals surface area contributed by atoms with Crippen LogP contribution >= 0.6 is 0 Å². The first-order valence-electron chi connectivity index (χ1n) is 8.22. The zero-order chi connectivity index (χ0) is 17.9. The van der Waals surface area contributed by atoms with E-state index in [1.807, 2.05) is 64.0 Å². The molecule has 1 aromatic carbocycles. The first kappa shape index (κ1) is 18.1. The molecular weight excluding hydrogens is 306 g/mol. The highest BCUT2D eigenvalue weighted by Gasteiger charge is 2.29. The minimum absolute atomic E-state index is 0.00723. The lowest BCUT2D eigenvalue weighted by atomic mass is 10.1. The molecule has 1 fully saturated rings.